The number of rotatable bonds is 0. The highest BCUT2D eigenvalue weighted by molar-refractivity contribution is 5.95. The second kappa shape index (κ2) is 2.59. The van der Waals surface area contributed by atoms with E-state index >= 15 is 0 Å². The van der Waals surface area contributed by atoms with Gasteiger partial charge in [0.25, 0.3) is 0 Å². The Morgan fingerprint density at radius 1 is 1.47 bits per heavy atom. The molecule has 0 radical (unpaired) electrons. The first-order valence-electron chi connectivity index (χ1n) is 4.88. The normalized spacial score (nSPS) is 31.9. The number of nitrogens with zero attached hydrogens (tertiary/aromatic N) is 1. The summed E-state index contributed by atoms with van der Waals surface area (Å²) in [5.74, 6) is -0.0283. The van der Waals surface area contributed by atoms with E-state index in [1.165, 1.54) is 6.92 Å². The number of carbonyl (C=O) groups is 1. The van der Waals surface area contributed by atoms with E-state index < -0.39 is 5.60 Å². The molecule has 0 N–H and O–H groups in total. The quantitative estimate of drug-likeness (QED) is 0.603. The van der Waals surface area contributed by atoms with Gasteiger partial charge in [-0.15, -0.1) is 0 Å². The van der Waals surface area contributed by atoms with E-state index in [0.29, 0.717) is 0 Å². The fourth-order valence-corrected chi connectivity index (χ4v) is 2.27. The molecule has 0 aliphatic carbocycles. The molecule has 1 saturated heterocycles. The van der Waals surface area contributed by atoms with Crippen LogP contribution < -0.4 is 4.90 Å². The highest BCUT2D eigenvalue weighted by Gasteiger charge is 2.60. The summed E-state index contributed by atoms with van der Waals surface area (Å²) in [7, 11) is 0. The van der Waals surface area contributed by atoms with Gasteiger partial charge in [0.1, 0.15) is 0 Å². The van der Waals surface area contributed by atoms with E-state index in [4.69, 9.17) is 9.78 Å². The zero-order valence-corrected chi connectivity index (χ0v) is 8.56. The monoisotopic (exact) mass is 205 g/mol. The molecule has 2 aliphatic rings. The molecule has 2 atom stereocenters. The molecule has 2 aliphatic heterocycles. The Hall–Kier alpha value is -1.39. The lowest BCUT2D eigenvalue weighted by Crippen LogP contribution is -2.56. The van der Waals surface area contributed by atoms with E-state index in [9.17, 15) is 4.79 Å². The summed E-state index contributed by atoms with van der Waals surface area (Å²) in [4.78, 5) is 23.3. The number of hydrogen-bond donors (Lipinski definition) is 0. The zero-order valence-electron chi connectivity index (χ0n) is 8.56. The smallest absolute Gasteiger partial charge is 0.226 e. The van der Waals surface area contributed by atoms with Gasteiger partial charge in [-0.1, -0.05) is 18.2 Å². The third-order valence-electron chi connectivity index (χ3n) is 3.06. The molecule has 1 fully saturated rings. The molecule has 2 heterocycles. The van der Waals surface area contributed by atoms with Crippen molar-refractivity contribution in [1.82, 2.24) is 0 Å². The van der Waals surface area contributed by atoms with Crippen molar-refractivity contribution in [3.05, 3.63) is 29.8 Å². The minimum Gasteiger partial charge on any atom is -0.280 e. The molecule has 4 heteroatoms. The molecule has 15 heavy (non-hydrogen) atoms. The molecular formula is C11H11NO3. The van der Waals surface area contributed by atoms with Gasteiger partial charge in [-0.05, 0) is 13.0 Å². The fourth-order valence-electron chi connectivity index (χ4n) is 2.27. The summed E-state index contributed by atoms with van der Waals surface area (Å²) >= 11 is 0. The lowest BCUT2D eigenvalue weighted by atomic mass is 9.96. The van der Waals surface area contributed by atoms with Crippen molar-refractivity contribution in [3.63, 3.8) is 0 Å². The van der Waals surface area contributed by atoms with Crippen molar-refractivity contribution in [2.24, 2.45) is 0 Å². The molecule has 0 unspecified atom stereocenters. The SMILES string of the molecule is CC(=O)N1c2ccccc2[C@@]2(C)OO[C@@H]12. The first kappa shape index (κ1) is 8.88. The van der Waals surface area contributed by atoms with E-state index in [0.717, 1.165) is 11.3 Å². The molecular weight excluding hydrogens is 194 g/mol. The van der Waals surface area contributed by atoms with E-state index in [1.54, 1.807) is 4.90 Å². The van der Waals surface area contributed by atoms with Gasteiger partial charge in [-0.25, -0.2) is 9.78 Å². The minimum atomic E-state index is -0.498. The molecule has 0 aromatic heterocycles. The average molecular weight is 205 g/mol. The topological polar surface area (TPSA) is 38.8 Å². The Morgan fingerprint density at radius 3 is 2.80 bits per heavy atom. The van der Waals surface area contributed by atoms with E-state index in [1.807, 2.05) is 31.2 Å². The van der Waals surface area contributed by atoms with Gasteiger partial charge in [0.2, 0.25) is 12.1 Å². The first-order valence-corrected chi connectivity index (χ1v) is 4.88. The van der Waals surface area contributed by atoms with Gasteiger partial charge in [-0.3, -0.25) is 9.69 Å². The Bertz CT molecular complexity index is 445. The predicted molar refractivity (Wildman–Crippen MR) is 52.9 cm³/mol. The van der Waals surface area contributed by atoms with Crippen molar-refractivity contribution in [3.8, 4) is 0 Å². The maximum Gasteiger partial charge on any atom is 0.226 e. The summed E-state index contributed by atoms with van der Waals surface area (Å²) in [6.45, 7) is 3.47. The van der Waals surface area contributed by atoms with Crippen LogP contribution in [-0.2, 0) is 20.2 Å². The van der Waals surface area contributed by atoms with Crippen molar-refractivity contribution in [1.29, 1.82) is 0 Å². The second-order valence-corrected chi connectivity index (χ2v) is 4.05. The predicted octanol–water partition coefficient (Wildman–Crippen LogP) is 1.56. The van der Waals surface area contributed by atoms with Crippen LogP contribution in [0.5, 0.6) is 0 Å². The first-order chi connectivity index (χ1) is 7.14. The number of benzene rings is 1. The van der Waals surface area contributed by atoms with Gasteiger partial charge in [0, 0.05) is 12.5 Å². The summed E-state index contributed by atoms with van der Waals surface area (Å²) in [6.07, 6.45) is -0.313. The lowest BCUT2D eigenvalue weighted by Gasteiger charge is -2.41. The van der Waals surface area contributed by atoms with Crippen LogP contribution in [0.25, 0.3) is 0 Å². The van der Waals surface area contributed by atoms with Crippen LogP contribution in [-0.4, -0.2) is 12.1 Å². The van der Waals surface area contributed by atoms with Gasteiger partial charge in [0.15, 0.2) is 5.60 Å². The number of hydrogen-bond acceptors (Lipinski definition) is 3. The summed E-state index contributed by atoms with van der Waals surface area (Å²) < 4.78 is 0. The van der Waals surface area contributed by atoms with Crippen molar-refractivity contribution >= 4 is 11.6 Å². The van der Waals surface area contributed by atoms with Crippen molar-refractivity contribution in [2.45, 2.75) is 25.7 Å². The van der Waals surface area contributed by atoms with Gasteiger partial charge < -0.3 is 0 Å². The third-order valence-corrected chi connectivity index (χ3v) is 3.06. The number of anilines is 1. The van der Waals surface area contributed by atoms with Crippen LogP contribution >= 0.6 is 0 Å². The third kappa shape index (κ3) is 0.905. The molecule has 1 amide bonds. The van der Waals surface area contributed by atoms with Crippen LogP contribution in [0.15, 0.2) is 24.3 Å². The molecule has 3 rings (SSSR count). The number of para-hydroxylation sites is 1. The summed E-state index contributed by atoms with van der Waals surface area (Å²) in [5.41, 5.74) is 1.40. The summed E-state index contributed by atoms with van der Waals surface area (Å²) in [5, 5.41) is 0. The Kier molecular flexibility index (Phi) is 1.53. The second-order valence-electron chi connectivity index (χ2n) is 4.05. The number of carbonyl (C=O) groups excluding carboxylic acids is 1. The van der Waals surface area contributed by atoms with E-state index in [-0.39, 0.29) is 12.1 Å². The van der Waals surface area contributed by atoms with Gasteiger partial charge in [-0.2, -0.15) is 0 Å². The highest BCUT2D eigenvalue weighted by Crippen LogP contribution is 2.52. The van der Waals surface area contributed by atoms with Gasteiger partial charge >= 0.3 is 0 Å². The summed E-state index contributed by atoms with van der Waals surface area (Å²) in [6, 6.07) is 7.72. The molecule has 4 nitrogen and oxygen atoms in total. The molecule has 78 valence electrons. The zero-order chi connectivity index (χ0) is 10.6. The van der Waals surface area contributed by atoms with Crippen LogP contribution in [0.4, 0.5) is 5.69 Å². The van der Waals surface area contributed by atoms with E-state index in [2.05, 4.69) is 0 Å². The van der Waals surface area contributed by atoms with Gasteiger partial charge in [0.05, 0.1) is 5.69 Å². The van der Waals surface area contributed by atoms with Crippen molar-refractivity contribution < 1.29 is 14.6 Å². The maximum atomic E-state index is 11.5. The molecule has 1 aromatic carbocycles. The van der Waals surface area contributed by atoms with Crippen molar-refractivity contribution in [2.75, 3.05) is 4.90 Å². The standard InChI is InChI=1S/C11H11NO3/c1-7(13)12-9-6-4-3-5-8(9)11(2)10(12)14-15-11/h3-6,10H,1-2H3/t10-,11-/m1/s1. The van der Waals surface area contributed by atoms with Crippen LogP contribution in [0, 0.1) is 0 Å². The van der Waals surface area contributed by atoms with Crippen LogP contribution in [0.3, 0.4) is 0 Å². The molecule has 1 aromatic rings. The van der Waals surface area contributed by atoms with Crippen LogP contribution in [0.2, 0.25) is 0 Å². The van der Waals surface area contributed by atoms with Crippen LogP contribution in [0.1, 0.15) is 19.4 Å². The molecule has 0 spiro atoms. The maximum absolute atomic E-state index is 11.5. The Labute approximate surface area is 87.3 Å². The highest BCUT2D eigenvalue weighted by atomic mass is 17.3. The Morgan fingerprint density at radius 2 is 2.20 bits per heavy atom. The minimum absolute atomic E-state index is 0.0283. The number of fused-ring (bicyclic) bond motifs is 3. The largest absolute Gasteiger partial charge is 0.280 e. The Balaban J connectivity index is 2.20. The lowest BCUT2D eigenvalue weighted by molar-refractivity contribution is -0.506. The number of amides is 1. The average Bonchev–Trinajstić information content (AvgIpc) is 2.38. The molecule has 0 bridgehead atoms. The fraction of sp³-hybridized carbons (Fsp3) is 0.364. The molecule has 0 saturated carbocycles.